The van der Waals surface area contributed by atoms with Crippen LogP contribution in [-0.4, -0.2) is 25.6 Å². The van der Waals surface area contributed by atoms with Gasteiger partial charge in [-0.05, 0) is 55.5 Å². The third kappa shape index (κ3) is 4.21. The van der Waals surface area contributed by atoms with Crippen molar-refractivity contribution in [1.82, 2.24) is 5.16 Å². The fourth-order valence-corrected chi connectivity index (χ4v) is 4.59. The van der Waals surface area contributed by atoms with E-state index in [1.807, 2.05) is 0 Å². The molecule has 0 bridgehead atoms. The van der Waals surface area contributed by atoms with E-state index in [1.54, 1.807) is 30.3 Å². The average Bonchev–Trinajstić information content (AvgIpc) is 3.27. The van der Waals surface area contributed by atoms with Gasteiger partial charge < -0.3 is 9.26 Å². The molecular formula is C17H15N3O6S2. The lowest BCUT2D eigenvalue weighted by Gasteiger charge is -2.06. The summed E-state index contributed by atoms with van der Waals surface area (Å²) in [7, 11) is -2.24. The molecule has 9 nitrogen and oxygen atoms in total. The zero-order valence-corrected chi connectivity index (χ0v) is 16.4. The largest absolute Gasteiger partial charge is 0.497 e. The molecular weight excluding hydrogens is 406 g/mol. The Hall–Kier alpha value is -3.18. The molecule has 0 aliphatic rings. The molecule has 0 fully saturated rings. The fraction of sp³-hybridized carbons (Fsp3) is 0.118. The Kier molecular flexibility index (Phi) is 5.47. The van der Waals surface area contributed by atoms with Crippen molar-refractivity contribution in [2.75, 3.05) is 11.8 Å². The summed E-state index contributed by atoms with van der Waals surface area (Å²) in [5, 5.41) is 14.6. The molecule has 0 unspecified atom stereocenters. The standard InChI is InChI=1S/C17H15N3O6S2/c1-11-17(20(21)22)15(26-18-11)9-7-14-8-10-16(27-14)28(23,24)19-12-3-5-13(25-2)6-4-12/h3-10,19H,1-2H3. The number of hydrogen-bond donors (Lipinski definition) is 1. The van der Waals surface area contributed by atoms with Crippen LogP contribution < -0.4 is 9.46 Å². The van der Waals surface area contributed by atoms with Crippen LogP contribution in [0.15, 0.2) is 45.1 Å². The van der Waals surface area contributed by atoms with Crippen molar-refractivity contribution in [3.63, 3.8) is 0 Å². The molecule has 0 aliphatic carbocycles. The van der Waals surface area contributed by atoms with Crippen molar-refractivity contribution in [3.05, 3.63) is 62.8 Å². The number of sulfonamides is 1. The van der Waals surface area contributed by atoms with Gasteiger partial charge in [-0.25, -0.2) is 8.42 Å². The first-order valence-corrected chi connectivity index (χ1v) is 10.2. The van der Waals surface area contributed by atoms with Crippen molar-refractivity contribution in [2.45, 2.75) is 11.1 Å². The number of methoxy groups -OCH3 is 1. The highest BCUT2D eigenvalue weighted by Crippen LogP contribution is 2.28. The van der Waals surface area contributed by atoms with Gasteiger partial charge in [0.25, 0.3) is 10.0 Å². The number of benzene rings is 1. The Morgan fingerprint density at radius 1 is 1.21 bits per heavy atom. The second-order valence-electron chi connectivity index (χ2n) is 5.56. The summed E-state index contributed by atoms with van der Waals surface area (Å²) in [6.45, 7) is 1.47. The number of nitrogens with one attached hydrogen (secondary N) is 1. The topological polar surface area (TPSA) is 125 Å². The van der Waals surface area contributed by atoms with Gasteiger partial charge in [-0.3, -0.25) is 14.8 Å². The van der Waals surface area contributed by atoms with E-state index in [4.69, 9.17) is 9.26 Å². The minimum absolute atomic E-state index is 0.00309. The first-order valence-electron chi connectivity index (χ1n) is 7.85. The summed E-state index contributed by atoms with van der Waals surface area (Å²) in [5.41, 5.74) is 0.351. The lowest BCUT2D eigenvalue weighted by atomic mass is 10.3. The summed E-state index contributed by atoms with van der Waals surface area (Å²) in [4.78, 5) is 11.1. The summed E-state index contributed by atoms with van der Waals surface area (Å²) in [6, 6.07) is 9.53. The molecule has 0 atom stereocenters. The fourth-order valence-electron chi connectivity index (χ4n) is 2.30. The lowest BCUT2D eigenvalue weighted by molar-refractivity contribution is -0.386. The minimum atomic E-state index is -3.76. The van der Waals surface area contributed by atoms with Crippen LogP contribution in [0.3, 0.4) is 0 Å². The molecule has 2 aromatic heterocycles. The highest BCUT2D eigenvalue weighted by atomic mass is 32.2. The molecule has 0 spiro atoms. The molecule has 1 aromatic carbocycles. The Morgan fingerprint density at radius 3 is 2.57 bits per heavy atom. The number of aryl methyl sites for hydroxylation is 1. The number of hydrogen-bond acceptors (Lipinski definition) is 8. The van der Waals surface area contributed by atoms with Gasteiger partial charge in [0.1, 0.15) is 9.96 Å². The number of anilines is 1. The molecule has 0 aliphatic heterocycles. The Bertz CT molecular complexity index is 1130. The van der Waals surface area contributed by atoms with Gasteiger partial charge in [0.2, 0.25) is 5.76 Å². The predicted molar refractivity (Wildman–Crippen MR) is 105 cm³/mol. The molecule has 0 radical (unpaired) electrons. The number of rotatable bonds is 7. The molecule has 146 valence electrons. The number of ether oxygens (including phenoxy) is 1. The van der Waals surface area contributed by atoms with Gasteiger partial charge >= 0.3 is 5.69 Å². The van der Waals surface area contributed by atoms with Gasteiger partial charge in [0, 0.05) is 10.6 Å². The molecule has 0 saturated heterocycles. The molecule has 28 heavy (non-hydrogen) atoms. The van der Waals surface area contributed by atoms with Crippen LogP contribution in [-0.2, 0) is 10.0 Å². The minimum Gasteiger partial charge on any atom is -0.497 e. The molecule has 3 rings (SSSR count). The van der Waals surface area contributed by atoms with Crippen LogP contribution in [0.4, 0.5) is 11.4 Å². The van der Waals surface area contributed by atoms with Crippen LogP contribution in [0.25, 0.3) is 12.2 Å². The molecule has 0 saturated carbocycles. The van der Waals surface area contributed by atoms with Gasteiger partial charge in [0.05, 0.1) is 12.0 Å². The maximum absolute atomic E-state index is 12.5. The van der Waals surface area contributed by atoms with Gasteiger partial charge in [0.15, 0.2) is 5.69 Å². The maximum atomic E-state index is 12.5. The zero-order chi connectivity index (χ0) is 20.3. The summed E-state index contributed by atoms with van der Waals surface area (Å²) in [6.07, 6.45) is 2.92. The molecule has 2 heterocycles. The van der Waals surface area contributed by atoms with Gasteiger partial charge in [-0.15, -0.1) is 11.3 Å². The lowest BCUT2D eigenvalue weighted by Crippen LogP contribution is -2.11. The molecule has 1 N–H and O–H groups in total. The maximum Gasteiger partial charge on any atom is 0.338 e. The van der Waals surface area contributed by atoms with E-state index in [-0.39, 0.29) is 21.4 Å². The molecule has 11 heteroatoms. The van der Waals surface area contributed by atoms with Crippen LogP contribution >= 0.6 is 11.3 Å². The monoisotopic (exact) mass is 421 g/mol. The third-order valence-corrected chi connectivity index (χ3v) is 6.57. The number of nitro groups is 1. The Labute approximate surface area is 164 Å². The van der Waals surface area contributed by atoms with Crippen LogP contribution in [0.5, 0.6) is 5.75 Å². The number of nitrogens with zero attached hydrogens (tertiary/aromatic N) is 2. The van der Waals surface area contributed by atoms with E-state index < -0.39 is 14.9 Å². The highest BCUT2D eigenvalue weighted by molar-refractivity contribution is 7.94. The first-order chi connectivity index (χ1) is 13.3. The normalized spacial score (nSPS) is 11.6. The SMILES string of the molecule is COc1ccc(NS(=O)(=O)c2ccc(C=Cc3onc(C)c3[N+](=O)[O-])s2)cc1. The summed E-state index contributed by atoms with van der Waals surface area (Å²) >= 11 is 1.01. The van der Waals surface area contributed by atoms with E-state index in [0.29, 0.717) is 16.3 Å². The third-order valence-electron chi connectivity index (χ3n) is 3.65. The van der Waals surface area contributed by atoms with E-state index in [9.17, 15) is 18.5 Å². The smallest absolute Gasteiger partial charge is 0.338 e. The second-order valence-corrected chi connectivity index (χ2v) is 8.59. The highest BCUT2D eigenvalue weighted by Gasteiger charge is 2.22. The number of aromatic nitrogens is 1. The zero-order valence-electron chi connectivity index (χ0n) is 14.8. The summed E-state index contributed by atoms with van der Waals surface area (Å²) < 4.78 is 37.6. The van der Waals surface area contributed by atoms with Crippen molar-refractivity contribution < 1.29 is 22.6 Å². The second kappa shape index (κ2) is 7.82. The van der Waals surface area contributed by atoms with E-state index in [0.717, 1.165) is 11.3 Å². The van der Waals surface area contributed by atoms with E-state index >= 15 is 0 Å². The predicted octanol–water partition coefficient (Wildman–Crippen LogP) is 3.93. The first kappa shape index (κ1) is 19.6. The molecule has 3 aromatic rings. The van der Waals surface area contributed by atoms with Crippen LogP contribution in [0, 0.1) is 17.0 Å². The van der Waals surface area contributed by atoms with Crippen LogP contribution in [0.1, 0.15) is 16.3 Å². The quantitative estimate of drug-likeness (QED) is 0.452. The van der Waals surface area contributed by atoms with Crippen molar-refractivity contribution in [2.24, 2.45) is 0 Å². The Balaban J connectivity index is 1.78. The van der Waals surface area contributed by atoms with Gasteiger partial charge in [-0.1, -0.05) is 5.16 Å². The Morgan fingerprint density at radius 2 is 1.93 bits per heavy atom. The van der Waals surface area contributed by atoms with Crippen LogP contribution in [0.2, 0.25) is 0 Å². The number of thiophene rings is 1. The van der Waals surface area contributed by atoms with Crippen molar-refractivity contribution >= 4 is 44.9 Å². The average molecular weight is 421 g/mol. The van der Waals surface area contributed by atoms with Crippen molar-refractivity contribution in [3.8, 4) is 5.75 Å². The van der Waals surface area contributed by atoms with E-state index in [2.05, 4.69) is 9.88 Å². The van der Waals surface area contributed by atoms with E-state index in [1.165, 1.54) is 32.3 Å². The molecule has 0 amide bonds. The van der Waals surface area contributed by atoms with Crippen molar-refractivity contribution in [1.29, 1.82) is 0 Å². The summed E-state index contributed by atoms with van der Waals surface area (Å²) in [5.74, 6) is 0.611. The van der Waals surface area contributed by atoms with Gasteiger partial charge in [-0.2, -0.15) is 0 Å².